The second kappa shape index (κ2) is 18.5. The lowest BCUT2D eigenvalue weighted by Crippen LogP contribution is -2.21. The third-order valence-corrected chi connectivity index (χ3v) is 6.25. The molecule has 0 atom stereocenters. The summed E-state index contributed by atoms with van der Waals surface area (Å²) in [6, 6.07) is 3.67. The standard InChI is InChI=1S/C27H49NO2/c1-3-5-7-9-11-13-15-17-19-21-25-23-26(28(30)27(29)24-25)22-20-18-16-14-12-10-8-6-4-2/h23-24,30H,3-22H2,1-2H3. The van der Waals surface area contributed by atoms with E-state index in [2.05, 4.69) is 19.9 Å². The molecule has 1 rings (SSSR count). The van der Waals surface area contributed by atoms with Gasteiger partial charge in [-0.3, -0.25) is 4.79 Å². The van der Waals surface area contributed by atoms with E-state index in [1.807, 2.05) is 0 Å². The van der Waals surface area contributed by atoms with Gasteiger partial charge in [-0.1, -0.05) is 117 Å². The number of unbranched alkanes of at least 4 members (excludes halogenated alkanes) is 16. The molecule has 0 fully saturated rings. The van der Waals surface area contributed by atoms with Crippen LogP contribution in [0.3, 0.4) is 0 Å². The van der Waals surface area contributed by atoms with Crippen molar-refractivity contribution in [1.29, 1.82) is 0 Å². The lowest BCUT2D eigenvalue weighted by atomic mass is 10.0. The second-order valence-corrected chi connectivity index (χ2v) is 9.16. The van der Waals surface area contributed by atoms with Crippen LogP contribution < -0.4 is 5.56 Å². The number of nitrogens with zero attached hydrogens (tertiary/aromatic N) is 1. The van der Waals surface area contributed by atoms with E-state index < -0.39 is 0 Å². The van der Waals surface area contributed by atoms with Gasteiger partial charge in [-0.25, -0.2) is 0 Å². The Morgan fingerprint density at radius 1 is 0.600 bits per heavy atom. The van der Waals surface area contributed by atoms with Crippen LogP contribution in [0, 0.1) is 0 Å². The van der Waals surface area contributed by atoms with Crippen LogP contribution in [0.2, 0.25) is 0 Å². The molecule has 0 spiro atoms. The molecule has 0 radical (unpaired) electrons. The van der Waals surface area contributed by atoms with Crippen molar-refractivity contribution < 1.29 is 5.21 Å². The van der Waals surface area contributed by atoms with E-state index in [4.69, 9.17) is 0 Å². The van der Waals surface area contributed by atoms with Gasteiger partial charge in [-0.2, -0.15) is 4.73 Å². The van der Waals surface area contributed by atoms with Crippen LogP contribution in [-0.4, -0.2) is 9.94 Å². The van der Waals surface area contributed by atoms with E-state index in [9.17, 15) is 10.0 Å². The molecule has 1 aromatic rings. The molecule has 0 saturated carbocycles. The second-order valence-electron chi connectivity index (χ2n) is 9.16. The lowest BCUT2D eigenvalue weighted by Gasteiger charge is -2.09. The molecule has 174 valence electrons. The first-order valence-corrected chi connectivity index (χ1v) is 13.1. The average molecular weight is 420 g/mol. The zero-order valence-corrected chi connectivity index (χ0v) is 20.1. The van der Waals surface area contributed by atoms with Gasteiger partial charge in [0.05, 0.1) is 5.69 Å². The highest BCUT2D eigenvalue weighted by Crippen LogP contribution is 2.14. The first-order chi connectivity index (χ1) is 14.7. The van der Waals surface area contributed by atoms with Crippen LogP contribution in [0.5, 0.6) is 0 Å². The van der Waals surface area contributed by atoms with Crippen molar-refractivity contribution in [2.75, 3.05) is 0 Å². The summed E-state index contributed by atoms with van der Waals surface area (Å²) in [5.74, 6) is 0. The monoisotopic (exact) mass is 419 g/mol. The molecule has 0 aliphatic rings. The molecule has 0 unspecified atom stereocenters. The summed E-state index contributed by atoms with van der Waals surface area (Å²) in [7, 11) is 0. The quantitative estimate of drug-likeness (QED) is 0.171. The molecule has 1 aromatic heterocycles. The molecule has 1 heterocycles. The van der Waals surface area contributed by atoms with Crippen molar-refractivity contribution in [3.05, 3.63) is 33.7 Å². The molecule has 0 aliphatic carbocycles. The van der Waals surface area contributed by atoms with E-state index in [-0.39, 0.29) is 5.56 Å². The zero-order valence-electron chi connectivity index (χ0n) is 20.1. The first-order valence-electron chi connectivity index (χ1n) is 13.1. The number of hydrogen-bond acceptors (Lipinski definition) is 2. The van der Waals surface area contributed by atoms with Crippen LogP contribution in [0.25, 0.3) is 0 Å². The van der Waals surface area contributed by atoms with Crippen LogP contribution in [-0.2, 0) is 12.8 Å². The van der Waals surface area contributed by atoms with Crippen molar-refractivity contribution in [3.63, 3.8) is 0 Å². The van der Waals surface area contributed by atoms with Gasteiger partial charge >= 0.3 is 0 Å². The van der Waals surface area contributed by atoms with Crippen LogP contribution in [0.15, 0.2) is 16.9 Å². The van der Waals surface area contributed by atoms with Crippen molar-refractivity contribution in [1.82, 2.24) is 4.73 Å². The highest BCUT2D eigenvalue weighted by Gasteiger charge is 2.06. The zero-order chi connectivity index (χ0) is 21.9. The lowest BCUT2D eigenvalue weighted by molar-refractivity contribution is 0.164. The molecule has 0 saturated heterocycles. The number of rotatable bonds is 20. The molecule has 30 heavy (non-hydrogen) atoms. The highest BCUT2D eigenvalue weighted by molar-refractivity contribution is 5.17. The van der Waals surface area contributed by atoms with Crippen LogP contribution in [0.1, 0.15) is 141 Å². The summed E-state index contributed by atoms with van der Waals surface area (Å²) in [6.07, 6.45) is 25.2. The summed E-state index contributed by atoms with van der Waals surface area (Å²) >= 11 is 0. The Hall–Kier alpha value is -1.25. The summed E-state index contributed by atoms with van der Waals surface area (Å²) < 4.78 is 0.866. The van der Waals surface area contributed by atoms with Gasteiger partial charge in [0.1, 0.15) is 0 Å². The Morgan fingerprint density at radius 2 is 1.00 bits per heavy atom. The fourth-order valence-corrected chi connectivity index (χ4v) is 4.26. The van der Waals surface area contributed by atoms with Gasteiger partial charge in [0, 0.05) is 6.07 Å². The van der Waals surface area contributed by atoms with Crippen LogP contribution >= 0.6 is 0 Å². The Kier molecular flexibility index (Phi) is 16.5. The molecule has 0 bridgehead atoms. The molecule has 1 N–H and O–H groups in total. The number of hydrogen-bond donors (Lipinski definition) is 1. The Bertz CT molecular complexity index is 579. The minimum atomic E-state index is -0.269. The maximum atomic E-state index is 12.1. The Balaban J connectivity index is 2.20. The smallest absolute Gasteiger partial charge is 0.283 e. The third-order valence-electron chi connectivity index (χ3n) is 6.25. The highest BCUT2D eigenvalue weighted by atomic mass is 16.5. The van der Waals surface area contributed by atoms with Crippen LogP contribution in [0.4, 0.5) is 0 Å². The van der Waals surface area contributed by atoms with E-state index in [1.54, 1.807) is 6.07 Å². The molecule has 0 aromatic carbocycles. The van der Waals surface area contributed by atoms with E-state index in [0.717, 1.165) is 41.7 Å². The van der Waals surface area contributed by atoms with Gasteiger partial charge in [0.2, 0.25) is 0 Å². The van der Waals surface area contributed by atoms with Crippen molar-refractivity contribution in [2.24, 2.45) is 0 Å². The van der Waals surface area contributed by atoms with Crippen molar-refractivity contribution in [3.8, 4) is 0 Å². The molecule has 3 heteroatoms. The van der Waals surface area contributed by atoms with E-state index in [0.29, 0.717) is 0 Å². The molecular formula is C27H49NO2. The van der Waals surface area contributed by atoms with Gasteiger partial charge in [0.15, 0.2) is 0 Å². The molecule has 3 nitrogen and oxygen atoms in total. The number of aromatic nitrogens is 1. The Labute approximate surface area is 186 Å². The third kappa shape index (κ3) is 13.1. The predicted octanol–water partition coefficient (Wildman–Crippen LogP) is 8.23. The summed E-state index contributed by atoms with van der Waals surface area (Å²) in [5.41, 5.74) is 1.62. The largest absolute Gasteiger partial charge is 0.425 e. The molecule has 0 aliphatic heterocycles. The molecular weight excluding hydrogens is 370 g/mol. The van der Waals surface area contributed by atoms with Gasteiger partial charge in [-0.15, -0.1) is 0 Å². The van der Waals surface area contributed by atoms with Gasteiger partial charge < -0.3 is 5.21 Å². The maximum Gasteiger partial charge on any atom is 0.283 e. The summed E-state index contributed by atoms with van der Waals surface area (Å²) in [5, 5.41) is 10.1. The molecule has 0 amide bonds. The summed E-state index contributed by atoms with van der Waals surface area (Å²) in [6.45, 7) is 4.52. The van der Waals surface area contributed by atoms with Crippen molar-refractivity contribution >= 4 is 0 Å². The fourth-order valence-electron chi connectivity index (χ4n) is 4.26. The predicted molar refractivity (Wildman–Crippen MR) is 130 cm³/mol. The number of aryl methyl sites for hydroxylation is 2. The summed E-state index contributed by atoms with van der Waals surface area (Å²) in [4.78, 5) is 12.1. The van der Waals surface area contributed by atoms with E-state index >= 15 is 0 Å². The average Bonchev–Trinajstić information content (AvgIpc) is 2.74. The minimum Gasteiger partial charge on any atom is -0.425 e. The first kappa shape index (κ1) is 26.8. The minimum absolute atomic E-state index is 0.269. The van der Waals surface area contributed by atoms with E-state index in [1.165, 1.54) is 103 Å². The van der Waals surface area contributed by atoms with Gasteiger partial charge in [0.25, 0.3) is 5.56 Å². The van der Waals surface area contributed by atoms with Gasteiger partial charge in [-0.05, 0) is 37.3 Å². The SMILES string of the molecule is CCCCCCCCCCCc1cc(CCCCCCCCCCC)n(O)c(=O)c1. The Morgan fingerprint density at radius 3 is 1.47 bits per heavy atom. The maximum absolute atomic E-state index is 12.1. The number of pyridine rings is 1. The topological polar surface area (TPSA) is 42.2 Å². The normalized spacial score (nSPS) is 11.3. The fraction of sp³-hybridized carbons (Fsp3) is 0.815. The van der Waals surface area contributed by atoms with Crippen molar-refractivity contribution in [2.45, 2.75) is 142 Å².